The fourth-order valence-corrected chi connectivity index (χ4v) is 2.72. The minimum absolute atomic E-state index is 0.0428. The van der Waals surface area contributed by atoms with Crippen LogP contribution in [-0.4, -0.2) is 23.7 Å². The van der Waals surface area contributed by atoms with E-state index in [-0.39, 0.29) is 6.04 Å². The molecule has 2 unspecified atom stereocenters. The Morgan fingerprint density at radius 2 is 1.70 bits per heavy atom. The summed E-state index contributed by atoms with van der Waals surface area (Å²) in [6, 6.07) is 9.87. The Morgan fingerprint density at radius 1 is 1.09 bits per heavy atom. The lowest BCUT2D eigenvalue weighted by Crippen LogP contribution is -2.34. The largest absolute Gasteiger partial charge is 0.383 e. The van der Waals surface area contributed by atoms with Crippen molar-refractivity contribution in [2.75, 3.05) is 6.54 Å². The molecule has 130 valence electrons. The van der Waals surface area contributed by atoms with Crippen LogP contribution in [0.15, 0.2) is 30.3 Å². The molecule has 0 saturated carbocycles. The van der Waals surface area contributed by atoms with E-state index >= 15 is 0 Å². The Kier molecular flexibility index (Phi) is 10.3. The Bertz CT molecular complexity index is 423. The predicted octanol–water partition coefficient (Wildman–Crippen LogP) is 3.30. The van der Waals surface area contributed by atoms with E-state index < -0.39 is 12.0 Å². The fraction of sp³-hybridized carbons (Fsp3) is 0.632. The van der Waals surface area contributed by atoms with Gasteiger partial charge in [0.25, 0.3) is 0 Å². The third-order valence-electron chi connectivity index (χ3n) is 4.16. The standard InChI is InChI=1S/C19H32N2O2/c1-2-3-4-5-6-7-11-14-21-17(15-18(22)19(20)23)16-12-9-8-10-13-16/h8-10,12-13,17-18,21-22H,2-7,11,14-15H2,1H3,(H2,20,23). The Labute approximate surface area is 140 Å². The summed E-state index contributed by atoms with van der Waals surface area (Å²) in [6.45, 7) is 3.12. The monoisotopic (exact) mass is 320 g/mol. The number of benzene rings is 1. The molecule has 4 nitrogen and oxygen atoms in total. The lowest BCUT2D eigenvalue weighted by Gasteiger charge is -2.21. The van der Waals surface area contributed by atoms with Crippen molar-refractivity contribution < 1.29 is 9.90 Å². The number of nitrogens with one attached hydrogen (secondary N) is 1. The van der Waals surface area contributed by atoms with E-state index in [4.69, 9.17) is 5.73 Å². The summed E-state index contributed by atoms with van der Waals surface area (Å²) in [7, 11) is 0. The highest BCUT2D eigenvalue weighted by atomic mass is 16.3. The molecule has 0 spiro atoms. The second kappa shape index (κ2) is 12.1. The molecule has 0 aliphatic rings. The van der Waals surface area contributed by atoms with Crippen LogP contribution in [0.1, 0.15) is 69.9 Å². The van der Waals surface area contributed by atoms with Crippen molar-refractivity contribution in [3.8, 4) is 0 Å². The van der Waals surface area contributed by atoms with Gasteiger partial charge in [0.1, 0.15) is 6.10 Å². The number of aliphatic hydroxyl groups excluding tert-OH is 1. The highest BCUT2D eigenvalue weighted by molar-refractivity contribution is 5.78. The molecule has 0 aliphatic carbocycles. The van der Waals surface area contributed by atoms with Crippen LogP contribution in [-0.2, 0) is 4.79 Å². The number of nitrogens with two attached hydrogens (primary N) is 1. The van der Waals surface area contributed by atoms with Crippen LogP contribution in [0.3, 0.4) is 0 Å². The molecule has 0 aromatic heterocycles. The number of aliphatic hydroxyl groups is 1. The topological polar surface area (TPSA) is 75.3 Å². The van der Waals surface area contributed by atoms with Gasteiger partial charge in [0.15, 0.2) is 0 Å². The molecule has 1 aromatic carbocycles. The van der Waals surface area contributed by atoms with Gasteiger partial charge in [-0.1, -0.05) is 75.8 Å². The van der Waals surface area contributed by atoms with Gasteiger partial charge in [-0.2, -0.15) is 0 Å². The molecule has 0 radical (unpaired) electrons. The quantitative estimate of drug-likeness (QED) is 0.488. The summed E-state index contributed by atoms with van der Waals surface area (Å²) in [5, 5.41) is 13.2. The molecule has 0 bridgehead atoms. The lowest BCUT2D eigenvalue weighted by molar-refractivity contribution is -0.126. The normalized spacial score (nSPS) is 13.7. The molecule has 1 amide bonds. The zero-order valence-corrected chi connectivity index (χ0v) is 14.3. The van der Waals surface area contributed by atoms with Crippen molar-refractivity contribution in [3.05, 3.63) is 35.9 Å². The first-order chi connectivity index (χ1) is 11.1. The average Bonchev–Trinajstić information content (AvgIpc) is 2.56. The van der Waals surface area contributed by atoms with Gasteiger partial charge in [0.2, 0.25) is 5.91 Å². The van der Waals surface area contributed by atoms with Gasteiger partial charge in [-0.3, -0.25) is 4.79 Å². The van der Waals surface area contributed by atoms with Crippen molar-refractivity contribution in [2.45, 2.75) is 70.4 Å². The average molecular weight is 320 g/mol. The van der Waals surface area contributed by atoms with Crippen molar-refractivity contribution in [1.29, 1.82) is 0 Å². The first kappa shape index (κ1) is 19.7. The van der Waals surface area contributed by atoms with Crippen LogP contribution in [0.25, 0.3) is 0 Å². The van der Waals surface area contributed by atoms with E-state index in [0.29, 0.717) is 6.42 Å². The molecule has 0 heterocycles. The van der Waals surface area contributed by atoms with Crippen LogP contribution in [0.2, 0.25) is 0 Å². The number of unbranched alkanes of at least 4 members (excludes halogenated alkanes) is 6. The fourth-order valence-electron chi connectivity index (χ4n) is 2.72. The summed E-state index contributed by atoms with van der Waals surface area (Å²) in [5.74, 6) is -0.663. The van der Waals surface area contributed by atoms with E-state index in [1.807, 2.05) is 30.3 Å². The zero-order chi connectivity index (χ0) is 16.9. The maximum Gasteiger partial charge on any atom is 0.246 e. The Morgan fingerprint density at radius 3 is 2.30 bits per heavy atom. The molecule has 1 aromatic rings. The second-order valence-electron chi connectivity index (χ2n) is 6.19. The van der Waals surface area contributed by atoms with E-state index in [1.165, 1.54) is 38.5 Å². The van der Waals surface area contributed by atoms with Gasteiger partial charge in [-0.05, 0) is 18.5 Å². The SMILES string of the molecule is CCCCCCCCCNC(CC(O)C(N)=O)c1ccccc1. The summed E-state index contributed by atoms with van der Waals surface area (Å²) in [6.07, 6.45) is 8.08. The molecule has 4 N–H and O–H groups in total. The van der Waals surface area contributed by atoms with Crippen molar-refractivity contribution >= 4 is 5.91 Å². The van der Waals surface area contributed by atoms with E-state index in [2.05, 4.69) is 12.2 Å². The van der Waals surface area contributed by atoms with Crippen molar-refractivity contribution in [3.63, 3.8) is 0 Å². The Balaban J connectivity index is 2.34. The number of rotatable bonds is 13. The predicted molar refractivity (Wildman–Crippen MR) is 95.0 cm³/mol. The van der Waals surface area contributed by atoms with Crippen molar-refractivity contribution in [2.24, 2.45) is 5.73 Å². The molecule has 2 atom stereocenters. The van der Waals surface area contributed by atoms with Crippen LogP contribution >= 0.6 is 0 Å². The van der Waals surface area contributed by atoms with Crippen LogP contribution in [0, 0.1) is 0 Å². The summed E-state index contributed by atoms with van der Waals surface area (Å²) in [4.78, 5) is 11.1. The molecule has 0 fully saturated rings. The van der Waals surface area contributed by atoms with Gasteiger partial charge in [-0.25, -0.2) is 0 Å². The van der Waals surface area contributed by atoms with E-state index in [0.717, 1.165) is 18.5 Å². The van der Waals surface area contributed by atoms with Gasteiger partial charge in [-0.15, -0.1) is 0 Å². The Hall–Kier alpha value is -1.39. The second-order valence-corrected chi connectivity index (χ2v) is 6.19. The van der Waals surface area contributed by atoms with Crippen LogP contribution in [0.4, 0.5) is 0 Å². The third kappa shape index (κ3) is 8.72. The summed E-state index contributed by atoms with van der Waals surface area (Å²) >= 11 is 0. The smallest absolute Gasteiger partial charge is 0.246 e. The lowest BCUT2D eigenvalue weighted by atomic mass is 10.00. The molecule has 23 heavy (non-hydrogen) atoms. The molecule has 4 heteroatoms. The zero-order valence-electron chi connectivity index (χ0n) is 14.3. The van der Waals surface area contributed by atoms with Crippen molar-refractivity contribution in [1.82, 2.24) is 5.32 Å². The minimum Gasteiger partial charge on any atom is -0.383 e. The third-order valence-corrected chi connectivity index (χ3v) is 4.16. The first-order valence-corrected chi connectivity index (χ1v) is 8.90. The molecule has 0 saturated heterocycles. The van der Waals surface area contributed by atoms with Crippen LogP contribution in [0.5, 0.6) is 0 Å². The maximum atomic E-state index is 11.1. The number of primary amides is 1. The van der Waals surface area contributed by atoms with E-state index in [9.17, 15) is 9.90 Å². The summed E-state index contributed by atoms with van der Waals surface area (Å²) < 4.78 is 0. The maximum absolute atomic E-state index is 11.1. The molecular weight excluding hydrogens is 288 g/mol. The molecule has 1 rings (SSSR count). The van der Waals surface area contributed by atoms with Gasteiger partial charge >= 0.3 is 0 Å². The summed E-state index contributed by atoms with van der Waals surface area (Å²) in [5.41, 5.74) is 6.26. The number of carbonyl (C=O) groups excluding carboxylic acids is 1. The van der Waals surface area contributed by atoms with Crippen LogP contribution < -0.4 is 11.1 Å². The highest BCUT2D eigenvalue weighted by Crippen LogP contribution is 2.18. The van der Waals surface area contributed by atoms with Gasteiger partial charge in [0, 0.05) is 12.5 Å². The number of amides is 1. The minimum atomic E-state index is -1.11. The van der Waals surface area contributed by atoms with Gasteiger partial charge in [0.05, 0.1) is 0 Å². The molecule has 0 aliphatic heterocycles. The van der Waals surface area contributed by atoms with E-state index in [1.54, 1.807) is 0 Å². The molecular formula is C19H32N2O2. The first-order valence-electron chi connectivity index (χ1n) is 8.90. The number of carbonyl (C=O) groups is 1. The number of hydrogen-bond donors (Lipinski definition) is 3. The number of hydrogen-bond acceptors (Lipinski definition) is 3. The van der Waals surface area contributed by atoms with Gasteiger partial charge < -0.3 is 16.2 Å². The highest BCUT2D eigenvalue weighted by Gasteiger charge is 2.19.